The summed E-state index contributed by atoms with van der Waals surface area (Å²) in [6.45, 7) is 21.5. The van der Waals surface area contributed by atoms with Crippen LogP contribution in [0.1, 0.15) is 96.9 Å². The standard InChI is InChI=1S/2C4H10.2C3H8.2CH4.BH.Fm/c2*1-4(2)3;2*1-3-2;;;;/h2*4H,1-3H3;2*3H2,1-2H3;2*1H4;1H;/i;;;;;;1T;. The molecule has 0 fully saturated rings. The molecule has 0 aromatic carbocycles. The van der Waals surface area contributed by atoms with Gasteiger partial charge in [0.15, 0.2) is 0 Å². The van der Waals surface area contributed by atoms with Gasteiger partial charge >= 0.3 is 0 Å². The summed E-state index contributed by atoms with van der Waals surface area (Å²) in [7, 11) is 3.75. The Bertz CT molecular complexity index is 47.2. The SMILES string of the molecule is C.C.CC(C)C.CC(C)C.CCC.CCC.[3H][B].[Fm]. The zero-order chi connectivity index (χ0) is 14.6. The van der Waals surface area contributed by atoms with Gasteiger partial charge in [0.1, 0.15) is 0 Å². The molecule has 18 heavy (non-hydrogen) atoms. The summed E-state index contributed by atoms with van der Waals surface area (Å²) >= 11 is 0. The first-order chi connectivity index (χ1) is 7.29. The molecule has 0 saturated heterocycles. The van der Waals surface area contributed by atoms with Crippen LogP contribution >= 0.6 is 0 Å². The summed E-state index contributed by atoms with van der Waals surface area (Å²) in [5.74, 6) is 1.67. The molecule has 0 atom stereocenters. The van der Waals surface area contributed by atoms with Gasteiger partial charge in [-0.1, -0.05) is 96.9 Å². The van der Waals surface area contributed by atoms with Crippen molar-refractivity contribution in [3.8, 4) is 0 Å². The van der Waals surface area contributed by atoms with Crippen LogP contribution in [0.15, 0.2) is 0 Å². The number of rotatable bonds is 0. The first-order valence-electron chi connectivity index (χ1n) is 6.87. The number of hydrogen-bond acceptors (Lipinski definition) is 0. The number of hydrogen-bond donors (Lipinski definition) is 0. The smallest absolute Gasteiger partial charge is 0.0379 e. The van der Waals surface area contributed by atoms with Crippen molar-refractivity contribution < 1.29 is 0 Å². The molecule has 0 heterocycles. The van der Waals surface area contributed by atoms with Crippen LogP contribution in [0, 0.1) is 11.8 Å². The van der Waals surface area contributed by atoms with Gasteiger partial charge in [-0.25, -0.2) is 0 Å². The van der Waals surface area contributed by atoms with E-state index in [0.717, 1.165) is 11.8 Å². The molecule has 0 aromatic rings. The molecule has 0 bridgehead atoms. The van der Waals surface area contributed by atoms with E-state index in [1.165, 1.54) is 12.8 Å². The molecule has 0 rings (SSSR count). The van der Waals surface area contributed by atoms with Crippen LogP contribution < -0.4 is 0 Å². The van der Waals surface area contributed by atoms with Crippen molar-refractivity contribution in [1.82, 2.24) is 0 Å². The monoisotopic (exact) mass is 507 g/mol. The molecule has 0 unspecified atom stereocenters. The van der Waals surface area contributed by atoms with Gasteiger partial charge in [-0.2, -0.15) is 0 Å². The van der Waals surface area contributed by atoms with E-state index in [9.17, 15) is 0 Å². The van der Waals surface area contributed by atoms with Gasteiger partial charge in [0.25, 0.3) is 0 Å². The van der Waals surface area contributed by atoms with Gasteiger partial charge in [0, 0.05) is 8.38 Å². The van der Waals surface area contributed by atoms with Crippen LogP contribution in [0.5, 0.6) is 0 Å². The molecule has 2 radical (unpaired) electrons. The van der Waals surface area contributed by atoms with Crippen molar-refractivity contribution in [3.05, 3.63) is 0 Å². The zero-order valence-corrected chi connectivity index (χ0v) is 15.8. The van der Waals surface area contributed by atoms with Gasteiger partial charge in [0.05, 0.1) is 0 Å². The van der Waals surface area contributed by atoms with E-state index in [1.54, 1.807) is 0 Å². The Hall–Kier alpha value is -0.935. The fourth-order valence-corrected chi connectivity index (χ4v) is 0. The molecule has 0 N–H and O–H groups in total. The molecular weight excluding hydrogens is 460 g/mol. The minimum absolute atomic E-state index is 0. The Kier molecular flexibility index (Phi) is 176. The molecule has 0 aromatic heterocycles. The maximum absolute atomic E-state index is 5.25. The maximum atomic E-state index is 5.25. The summed E-state index contributed by atoms with van der Waals surface area (Å²) in [6.07, 6.45) is 2.50. The van der Waals surface area contributed by atoms with E-state index in [1.807, 2.05) is 0 Å². The largest absolute Gasteiger partial charge is 0.0776 e. The molecule has 0 aliphatic heterocycles. The van der Waals surface area contributed by atoms with Crippen LogP contribution in [-0.4, -0.2) is 9.71 Å². The summed E-state index contributed by atoms with van der Waals surface area (Å²) < 4.78 is 5.25. The van der Waals surface area contributed by atoms with Gasteiger partial charge in [-0.3, -0.25) is 0 Å². The average Bonchev–Trinajstić information content (AvgIpc) is 2.07. The summed E-state index contributed by atoms with van der Waals surface area (Å²) in [5, 5.41) is 0. The first-order valence-corrected chi connectivity index (χ1v) is 6.29. The normalized spacial score (nSPS) is 6.33. The summed E-state index contributed by atoms with van der Waals surface area (Å²) in [5.41, 5.74) is 0. The summed E-state index contributed by atoms with van der Waals surface area (Å²) in [4.78, 5) is 0. The molecule has 2 heteroatoms. The Morgan fingerprint density at radius 3 is 0.667 bits per heavy atom. The predicted molar refractivity (Wildman–Crippen MR) is 93.6 cm³/mol. The van der Waals surface area contributed by atoms with Crippen LogP contribution in [0.4, 0.5) is 0 Å². The minimum atomic E-state index is 0. The Balaban J connectivity index is -0.0000000130. The van der Waals surface area contributed by atoms with Gasteiger partial charge < -0.3 is 0 Å². The van der Waals surface area contributed by atoms with Crippen molar-refractivity contribution in [3.63, 3.8) is 0 Å². The second kappa shape index (κ2) is 73.0. The minimum Gasteiger partial charge on any atom is -0.0776 e. The van der Waals surface area contributed by atoms with E-state index in [-0.39, 0.29) is 14.9 Å². The van der Waals surface area contributed by atoms with E-state index < -0.39 is 0 Å². The maximum Gasteiger partial charge on any atom is 0.0379 e. The molecule has 0 nitrogen and oxygen atoms in total. The van der Waals surface area contributed by atoms with Crippen molar-refractivity contribution in [2.45, 2.75) is 96.9 Å². The van der Waals surface area contributed by atoms with Crippen molar-refractivity contribution in [2.75, 3.05) is 0 Å². The Morgan fingerprint density at radius 1 is 0.667 bits per heavy atom. The van der Waals surface area contributed by atoms with Gasteiger partial charge in [-0.05, 0) is 13.2 Å². The first kappa shape index (κ1) is 43.5. The average molecular weight is 507 g/mol. The van der Waals surface area contributed by atoms with E-state index >= 15 is 0 Å². The third-order valence-electron chi connectivity index (χ3n) is 0. The van der Waals surface area contributed by atoms with Gasteiger partial charge in [-0.15, -0.1) is 0 Å². The molecular formula is C16H45BFm. The van der Waals surface area contributed by atoms with E-state index in [4.69, 9.17) is 1.34 Å². The van der Waals surface area contributed by atoms with Crippen LogP contribution in [0.2, 0.25) is 0 Å². The van der Waals surface area contributed by atoms with Crippen LogP contribution in [0.3, 0.4) is 0 Å². The Labute approximate surface area is 119 Å². The van der Waals surface area contributed by atoms with Crippen molar-refractivity contribution >= 4 is 8.38 Å². The van der Waals surface area contributed by atoms with Crippen molar-refractivity contribution in [2.24, 2.45) is 11.8 Å². The van der Waals surface area contributed by atoms with Crippen molar-refractivity contribution in [1.29, 1.82) is 1.34 Å². The fraction of sp³-hybridized carbons (Fsp3) is 1.00. The molecule has 0 saturated carbocycles. The molecule has 0 aliphatic rings. The topological polar surface area (TPSA) is 0 Å². The third kappa shape index (κ3) is 3410. The molecule has 0 aliphatic carbocycles. The second-order valence-corrected chi connectivity index (χ2v) is 4.88. The van der Waals surface area contributed by atoms with E-state index in [2.05, 4.69) is 77.6 Å². The fourth-order valence-electron chi connectivity index (χ4n) is 0. The second-order valence-electron chi connectivity index (χ2n) is 4.88. The van der Waals surface area contributed by atoms with Crippen LogP contribution in [-0.2, 0) is 0 Å². The van der Waals surface area contributed by atoms with Crippen LogP contribution in [0.25, 0.3) is 0 Å². The molecule has 0 amide bonds. The quantitative estimate of drug-likeness (QED) is 0.317. The van der Waals surface area contributed by atoms with Gasteiger partial charge in [0.2, 0.25) is 0 Å². The third-order valence-corrected chi connectivity index (χ3v) is 0. The summed E-state index contributed by atoms with van der Waals surface area (Å²) in [6, 6.07) is 0. The zero-order valence-electron chi connectivity index (χ0n) is 14.4. The Morgan fingerprint density at radius 2 is 0.667 bits per heavy atom. The molecule has 124 valence electrons. The van der Waals surface area contributed by atoms with E-state index in [0.29, 0.717) is 0 Å². The predicted octanol–water partition coefficient (Wildman–Crippen LogP) is 6.78. The molecule has 0 spiro atoms.